The highest BCUT2D eigenvalue weighted by molar-refractivity contribution is 5.75. The van der Waals surface area contributed by atoms with E-state index in [0.717, 1.165) is 26.2 Å². The molecule has 1 fully saturated rings. The van der Waals surface area contributed by atoms with Crippen molar-refractivity contribution in [3.8, 4) is 0 Å². The Labute approximate surface area is 109 Å². The van der Waals surface area contributed by atoms with E-state index in [1.165, 1.54) is 0 Å². The summed E-state index contributed by atoms with van der Waals surface area (Å²) in [5.74, 6) is -0.174. The molecule has 1 aliphatic heterocycles. The van der Waals surface area contributed by atoms with Crippen LogP contribution in [0.15, 0.2) is 0 Å². The first-order chi connectivity index (χ1) is 8.75. The molecule has 0 aromatic heterocycles. The largest absolute Gasteiger partial charge is 0.462 e. The molecule has 6 heteroatoms. The number of hydrogen-bond donors (Lipinski definition) is 1. The predicted molar refractivity (Wildman–Crippen MR) is 67.6 cm³/mol. The standard InChI is InChI=1S/C12H24N2O4/c1-11(14-5-3-13-4-6-14)12(15)18-10-9-17-8-7-16-2/h11,13H,3-10H2,1-2H3. The summed E-state index contributed by atoms with van der Waals surface area (Å²) in [6, 6.07) is -0.175. The first kappa shape index (κ1) is 15.4. The van der Waals surface area contributed by atoms with Gasteiger partial charge in [-0.05, 0) is 6.92 Å². The van der Waals surface area contributed by atoms with Crippen molar-refractivity contribution in [2.24, 2.45) is 0 Å². The zero-order valence-corrected chi connectivity index (χ0v) is 11.3. The van der Waals surface area contributed by atoms with Crippen molar-refractivity contribution < 1.29 is 19.0 Å². The molecule has 1 rings (SSSR count). The molecule has 0 aromatic carbocycles. The van der Waals surface area contributed by atoms with Crippen LogP contribution in [0, 0.1) is 0 Å². The second-order valence-corrected chi connectivity index (χ2v) is 4.23. The van der Waals surface area contributed by atoms with E-state index in [1.54, 1.807) is 7.11 Å². The lowest BCUT2D eigenvalue weighted by Crippen LogP contribution is -2.50. The lowest BCUT2D eigenvalue weighted by Gasteiger charge is -2.31. The first-order valence-corrected chi connectivity index (χ1v) is 6.43. The number of carbonyl (C=O) groups is 1. The molecule has 1 unspecified atom stereocenters. The minimum atomic E-state index is -0.175. The number of nitrogens with zero attached hydrogens (tertiary/aromatic N) is 1. The molecular formula is C12H24N2O4. The number of hydrogen-bond acceptors (Lipinski definition) is 6. The van der Waals surface area contributed by atoms with Crippen LogP contribution in [0.5, 0.6) is 0 Å². The Bertz CT molecular complexity index is 232. The van der Waals surface area contributed by atoms with E-state index in [0.29, 0.717) is 26.4 Å². The molecule has 6 nitrogen and oxygen atoms in total. The maximum absolute atomic E-state index is 11.8. The molecule has 0 aliphatic carbocycles. The minimum absolute atomic E-state index is 0.174. The van der Waals surface area contributed by atoms with Gasteiger partial charge >= 0.3 is 5.97 Å². The number of piperazine rings is 1. The Kier molecular flexibility index (Phi) is 7.91. The molecule has 1 heterocycles. The topological polar surface area (TPSA) is 60.0 Å². The third-order valence-corrected chi connectivity index (χ3v) is 2.94. The number of esters is 1. The quantitative estimate of drug-likeness (QED) is 0.468. The summed E-state index contributed by atoms with van der Waals surface area (Å²) in [7, 11) is 1.62. The maximum Gasteiger partial charge on any atom is 0.323 e. The van der Waals surface area contributed by atoms with Gasteiger partial charge in [-0.25, -0.2) is 0 Å². The summed E-state index contributed by atoms with van der Waals surface area (Å²) in [5.41, 5.74) is 0. The maximum atomic E-state index is 11.8. The van der Waals surface area contributed by atoms with E-state index in [2.05, 4.69) is 10.2 Å². The molecule has 1 atom stereocenters. The third-order valence-electron chi connectivity index (χ3n) is 2.94. The Morgan fingerprint density at radius 1 is 1.22 bits per heavy atom. The molecule has 0 bridgehead atoms. The van der Waals surface area contributed by atoms with Crippen LogP contribution >= 0.6 is 0 Å². The fraction of sp³-hybridized carbons (Fsp3) is 0.917. The molecule has 0 aromatic rings. The zero-order chi connectivity index (χ0) is 13.2. The van der Waals surface area contributed by atoms with Crippen molar-refractivity contribution in [1.82, 2.24) is 10.2 Å². The molecule has 0 spiro atoms. The monoisotopic (exact) mass is 260 g/mol. The van der Waals surface area contributed by atoms with Gasteiger partial charge in [0.05, 0.1) is 19.8 Å². The van der Waals surface area contributed by atoms with Crippen LogP contribution in [-0.2, 0) is 19.0 Å². The second kappa shape index (κ2) is 9.27. The highest BCUT2D eigenvalue weighted by Crippen LogP contribution is 2.03. The lowest BCUT2D eigenvalue weighted by atomic mass is 10.2. The molecule has 1 N–H and O–H groups in total. The predicted octanol–water partition coefficient (Wildman–Crippen LogP) is -0.514. The van der Waals surface area contributed by atoms with Gasteiger partial charge in [0.15, 0.2) is 0 Å². The zero-order valence-electron chi connectivity index (χ0n) is 11.3. The molecule has 18 heavy (non-hydrogen) atoms. The summed E-state index contributed by atoms with van der Waals surface area (Å²) >= 11 is 0. The number of ether oxygens (including phenoxy) is 3. The van der Waals surface area contributed by atoms with Crippen molar-refractivity contribution in [2.45, 2.75) is 13.0 Å². The molecule has 1 aliphatic rings. The van der Waals surface area contributed by atoms with Crippen molar-refractivity contribution in [3.63, 3.8) is 0 Å². The smallest absolute Gasteiger partial charge is 0.323 e. The highest BCUT2D eigenvalue weighted by atomic mass is 16.6. The molecular weight excluding hydrogens is 236 g/mol. The molecule has 1 saturated heterocycles. The number of nitrogens with one attached hydrogen (secondary N) is 1. The lowest BCUT2D eigenvalue weighted by molar-refractivity contribution is -0.151. The minimum Gasteiger partial charge on any atom is -0.462 e. The molecule has 0 amide bonds. The van der Waals surface area contributed by atoms with Gasteiger partial charge in [0, 0.05) is 33.3 Å². The van der Waals surface area contributed by atoms with Crippen molar-refractivity contribution in [2.75, 3.05) is 59.7 Å². The van der Waals surface area contributed by atoms with Gasteiger partial charge in [0.2, 0.25) is 0 Å². The first-order valence-electron chi connectivity index (χ1n) is 6.43. The molecule has 0 radical (unpaired) electrons. The Balaban J connectivity index is 2.07. The highest BCUT2D eigenvalue weighted by Gasteiger charge is 2.23. The van der Waals surface area contributed by atoms with Crippen LogP contribution in [0.4, 0.5) is 0 Å². The van der Waals surface area contributed by atoms with Gasteiger partial charge in [-0.15, -0.1) is 0 Å². The van der Waals surface area contributed by atoms with E-state index < -0.39 is 0 Å². The van der Waals surface area contributed by atoms with E-state index >= 15 is 0 Å². The van der Waals surface area contributed by atoms with E-state index in [-0.39, 0.29) is 12.0 Å². The summed E-state index contributed by atoms with van der Waals surface area (Å²) < 4.78 is 15.2. The third kappa shape index (κ3) is 5.77. The van der Waals surface area contributed by atoms with Crippen LogP contribution in [0.25, 0.3) is 0 Å². The second-order valence-electron chi connectivity index (χ2n) is 4.23. The van der Waals surface area contributed by atoms with Crippen LogP contribution in [-0.4, -0.2) is 76.6 Å². The van der Waals surface area contributed by atoms with Gasteiger partial charge in [0.1, 0.15) is 12.6 Å². The number of rotatable bonds is 8. The van der Waals surface area contributed by atoms with Gasteiger partial charge in [-0.1, -0.05) is 0 Å². The fourth-order valence-corrected chi connectivity index (χ4v) is 1.78. The van der Waals surface area contributed by atoms with E-state index in [4.69, 9.17) is 14.2 Å². The summed E-state index contributed by atoms with van der Waals surface area (Å²) in [6.45, 7) is 7.34. The van der Waals surface area contributed by atoms with Crippen LogP contribution in [0.3, 0.4) is 0 Å². The van der Waals surface area contributed by atoms with E-state index in [1.807, 2.05) is 6.92 Å². The SMILES string of the molecule is COCCOCCOC(=O)C(C)N1CCNCC1. The summed E-state index contributed by atoms with van der Waals surface area (Å²) in [6.07, 6.45) is 0. The van der Waals surface area contributed by atoms with Gasteiger partial charge in [0.25, 0.3) is 0 Å². The van der Waals surface area contributed by atoms with Gasteiger partial charge in [-0.3, -0.25) is 9.69 Å². The van der Waals surface area contributed by atoms with Crippen molar-refractivity contribution in [3.05, 3.63) is 0 Å². The number of methoxy groups -OCH3 is 1. The van der Waals surface area contributed by atoms with Crippen molar-refractivity contribution >= 4 is 5.97 Å². The van der Waals surface area contributed by atoms with Crippen molar-refractivity contribution in [1.29, 1.82) is 0 Å². The fourth-order valence-electron chi connectivity index (χ4n) is 1.78. The number of carbonyl (C=O) groups excluding carboxylic acids is 1. The van der Waals surface area contributed by atoms with Crippen LogP contribution in [0.1, 0.15) is 6.92 Å². The summed E-state index contributed by atoms with van der Waals surface area (Å²) in [4.78, 5) is 13.9. The van der Waals surface area contributed by atoms with Crippen LogP contribution < -0.4 is 5.32 Å². The summed E-state index contributed by atoms with van der Waals surface area (Å²) in [5, 5.41) is 3.25. The molecule has 0 saturated carbocycles. The Hall–Kier alpha value is -0.690. The Morgan fingerprint density at radius 3 is 2.56 bits per heavy atom. The van der Waals surface area contributed by atoms with Crippen LogP contribution in [0.2, 0.25) is 0 Å². The average molecular weight is 260 g/mol. The van der Waals surface area contributed by atoms with Gasteiger partial charge < -0.3 is 19.5 Å². The normalized spacial score (nSPS) is 18.6. The molecule has 106 valence electrons. The average Bonchev–Trinajstić information content (AvgIpc) is 2.42. The van der Waals surface area contributed by atoms with Gasteiger partial charge in [-0.2, -0.15) is 0 Å². The Morgan fingerprint density at radius 2 is 1.89 bits per heavy atom. The van der Waals surface area contributed by atoms with E-state index in [9.17, 15) is 4.79 Å².